The molecule has 0 aliphatic carbocycles. The number of rotatable bonds is 8. The Labute approximate surface area is 191 Å². The highest BCUT2D eigenvalue weighted by molar-refractivity contribution is 7.09. The van der Waals surface area contributed by atoms with Crippen LogP contribution in [0.3, 0.4) is 0 Å². The lowest BCUT2D eigenvalue weighted by molar-refractivity contribution is 0.0730. The van der Waals surface area contributed by atoms with E-state index in [1.54, 1.807) is 10.3 Å². The number of thiazole rings is 1. The Morgan fingerprint density at radius 3 is 2.03 bits per heavy atom. The Kier molecular flexibility index (Phi) is 7.05. The number of hydrogen-bond donors (Lipinski definition) is 1. The second-order valence-corrected chi connectivity index (χ2v) is 8.25. The van der Waals surface area contributed by atoms with Crippen molar-refractivity contribution in [2.45, 2.75) is 19.6 Å². The number of nitrogens with zero attached hydrogens (tertiary/aromatic N) is 2. The monoisotopic (exact) mass is 441 g/mol. The van der Waals surface area contributed by atoms with Crippen molar-refractivity contribution in [1.82, 2.24) is 15.2 Å². The summed E-state index contributed by atoms with van der Waals surface area (Å²) in [6.07, 6.45) is 0. The first kappa shape index (κ1) is 21.5. The molecule has 160 valence electrons. The summed E-state index contributed by atoms with van der Waals surface area (Å²) in [4.78, 5) is 31.9. The quantitative estimate of drug-likeness (QED) is 0.422. The Hall–Kier alpha value is -3.77. The van der Waals surface area contributed by atoms with Crippen LogP contribution in [0.2, 0.25) is 0 Å². The van der Waals surface area contributed by atoms with Crippen LogP contribution in [0.5, 0.6) is 0 Å². The van der Waals surface area contributed by atoms with E-state index in [1.165, 1.54) is 11.3 Å². The maximum absolute atomic E-state index is 13.2. The van der Waals surface area contributed by atoms with E-state index in [1.807, 2.05) is 91.0 Å². The van der Waals surface area contributed by atoms with E-state index >= 15 is 0 Å². The van der Waals surface area contributed by atoms with Crippen molar-refractivity contribution >= 4 is 23.2 Å². The molecule has 0 radical (unpaired) electrons. The zero-order valence-electron chi connectivity index (χ0n) is 17.5. The first-order valence-corrected chi connectivity index (χ1v) is 11.2. The number of hydrogen-bond acceptors (Lipinski definition) is 4. The third kappa shape index (κ3) is 5.68. The minimum absolute atomic E-state index is 0.0697. The molecule has 32 heavy (non-hydrogen) atoms. The summed E-state index contributed by atoms with van der Waals surface area (Å²) < 4.78 is 0. The van der Waals surface area contributed by atoms with Crippen molar-refractivity contribution in [3.8, 4) is 0 Å². The Bertz CT molecular complexity index is 1160. The molecule has 0 saturated carbocycles. The molecule has 0 bridgehead atoms. The number of carbonyl (C=O) groups excluding carboxylic acids is 2. The minimum atomic E-state index is -0.222. The number of nitrogens with one attached hydrogen (secondary N) is 1. The van der Waals surface area contributed by atoms with Crippen LogP contribution in [-0.4, -0.2) is 21.7 Å². The van der Waals surface area contributed by atoms with Gasteiger partial charge in [0.05, 0.1) is 6.54 Å². The zero-order chi connectivity index (χ0) is 22.2. The van der Waals surface area contributed by atoms with Gasteiger partial charge in [0.1, 0.15) is 10.7 Å². The summed E-state index contributed by atoms with van der Waals surface area (Å²) in [6, 6.07) is 28.8. The molecule has 2 amide bonds. The summed E-state index contributed by atoms with van der Waals surface area (Å²) in [5, 5.41) is 5.35. The van der Waals surface area contributed by atoms with Crippen molar-refractivity contribution in [3.63, 3.8) is 0 Å². The maximum atomic E-state index is 13.2. The summed E-state index contributed by atoms with van der Waals surface area (Å²) in [6.45, 7) is 1.24. The van der Waals surface area contributed by atoms with E-state index in [9.17, 15) is 9.59 Å². The molecule has 0 aliphatic heterocycles. The number of amides is 2. The average molecular weight is 442 g/mol. The van der Waals surface area contributed by atoms with E-state index in [2.05, 4.69) is 10.3 Å². The van der Waals surface area contributed by atoms with Gasteiger partial charge in [0.15, 0.2) is 0 Å². The number of aromatic nitrogens is 1. The highest BCUT2D eigenvalue weighted by Gasteiger charge is 2.19. The lowest BCUT2D eigenvalue weighted by Gasteiger charge is -2.22. The summed E-state index contributed by atoms with van der Waals surface area (Å²) in [5.74, 6) is -0.292. The van der Waals surface area contributed by atoms with Crippen molar-refractivity contribution in [1.29, 1.82) is 0 Å². The molecule has 1 heterocycles. The lowest BCUT2D eigenvalue weighted by Crippen LogP contribution is -2.30. The van der Waals surface area contributed by atoms with Gasteiger partial charge in [0, 0.05) is 24.0 Å². The van der Waals surface area contributed by atoms with E-state index in [0.29, 0.717) is 30.9 Å². The standard InChI is InChI=1S/C26H23N3O2S/c30-25(27-16-20-10-4-1-5-11-20)23-19-32-24(28-23)18-29(17-21-12-6-2-7-13-21)26(31)22-14-8-3-9-15-22/h1-15,19H,16-18H2,(H,27,30). The molecule has 0 saturated heterocycles. The molecule has 6 heteroatoms. The molecule has 4 aromatic rings. The summed E-state index contributed by atoms with van der Waals surface area (Å²) in [7, 11) is 0. The van der Waals surface area contributed by atoms with Gasteiger partial charge in [-0.15, -0.1) is 11.3 Å². The highest BCUT2D eigenvalue weighted by atomic mass is 32.1. The van der Waals surface area contributed by atoms with Crippen molar-refractivity contribution in [2.75, 3.05) is 0 Å². The number of carbonyl (C=O) groups is 2. The SMILES string of the molecule is O=C(NCc1ccccc1)c1csc(CN(Cc2ccccc2)C(=O)c2ccccc2)n1. The van der Waals surface area contributed by atoms with Crippen LogP contribution in [-0.2, 0) is 19.6 Å². The maximum Gasteiger partial charge on any atom is 0.271 e. The Morgan fingerprint density at radius 2 is 1.38 bits per heavy atom. The fourth-order valence-corrected chi connectivity index (χ4v) is 4.08. The molecule has 1 N–H and O–H groups in total. The smallest absolute Gasteiger partial charge is 0.271 e. The molecule has 0 fully saturated rings. The first-order valence-electron chi connectivity index (χ1n) is 10.3. The molecule has 1 aromatic heterocycles. The molecule has 0 atom stereocenters. The molecule has 0 aliphatic rings. The lowest BCUT2D eigenvalue weighted by atomic mass is 10.1. The highest BCUT2D eigenvalue weighted by Crippen LogP contribution is 2.17. The third-order valence-electron chi connectivity index (χ3n) is 4.93. The van der Waals surface area contributed by atoms with E-state index < -0.39 is 0 Å². The first-order chi connectivity index (χ1) is 15.7. The second kappa shape index (κ2) is 10.5. The molecular weight excluding hydrogens is 418 g/mol. The van der Waals surface area contributed by atoms with Crippen LogP contribution >= 0.6 is 11.3 Å². The van der Waals surface area contributed by atoms with Crippen LogP contribution in [0, 0.1) is 0 Å². The fourth-order valence-electron chi connectivity index (χ4n) is 3.29. The molecule has 3 aromatic carbocycles. The van der Waals surface area contributed by atoms with E-state index in [-0.39, 0.29) is 11.8 Å². The molecule has 0 unspecified atom stereocenters. The van der Waals surface area contributed by atoms with Crippen LogP contribution in [0.1, 0.15) is 37.0 Å². The normalized spacial score (nSPS) is 10.5. The number of benzene rings is 3. The fraction of sp³-hybridized carbons (Fsp3) is 0.115. The predicted octanol–water partition coefficient (Wildman–Crippen LogP) is 4.92. The average Bonchev–Trinajstić information content (AvgIpc) is 3.32. The van der Waals surface area contributed by atoms with Crippen LogP contribution in [0.25, 0.3) is 0 Å². The van der Waals surface area contributed by atoms with Gasteiger partial charge in [0.25, 0.3) is 11.8 Å². The Morgan fingerprint density at radius 1 is 0.781 bits per heavy atom. The summed E-state index contributed by atoms with van der Waals surface area (Å²) >= 11 is 1.39. The van der Waals surface area contributed by atoms with Gasteiger partial charge in [-0.05, 0) is 23.3 Å². The van der Waals surface area contributed by atoms with Crippen molar-refractivity contribution in [3.05, 3.63) is 124 Å². The molecule has 5 nitrogen and oxygen atoms in total. The van der Waals surface area contributed by atoms with Gasteiger partial charge in [-0.25, -0.2) is 4.98 Å². The van der Waals surface area contributed by atoms with Crippen molar-refractivity contribution < 1.29 is 9.59 Å². The zero-order valence-corrected chi connectivity index (χ0v) is 18.3. The van der Waals surface area contributed by atoms with Gasteiger partial charge in [-0.2, -0.15) is 0 Å². The molecule has 0 spiro atoms. The van der Waals surface area contributed by atoms with Crippen LogP contribution < -0.4 is 5.32 Å². The Balaban J connectivity index is 1.46. The largest absolute Gasteiger partial charge is 0.347 e. The topological polar surface area (TPSA) is 62.3 Å². The third-order valence-corrected chi connectivity index (χ3v) is 5.76. The second-order valence-electron chi connectivity index (χ2n) is 7.31. The van der Waals surface area contributed by atoms with Crippen LogP contribution in [0.15, 0.2) is 96.4 Å². The predicted molar refractivity (Wildman–Crippen MR) is 126 cm³/mol. The van der Waals surface area contributed by atoms with E-state index in [0.717, 1.165) is 16.1 Å². The van der Waals surface area contributed by atoms with Gasteiger partial charge >= 0.3 is 0 Å². The van der Waals surface area contributed by atoms with Crippen LogP contribution in [0.4, 0.5) is 0 Å². The van der Waals surface area contributed by atoms with E-state index in [4.69, 9.17) is 0 Å². The van der Waals surface area contributed by atoms with Gasteiger partial charge in [-0.3, -0.25) is 9.59 Å². The van der Waals surface area contributed by atoms with Gasteiger partial charge in [0.2, 0.25) is 0 Å². The minimum Gasteiger partial charge on any atom is -0.347 e. The van der Waals surface area contributed by atoms with Gasteiger partial charge in [-0.1, -0.05) is 78.9 Å². The molecular formula is C26H23N3O2S. The summed E-state index contributed by atoms with van der Waals surface area (Å²) in [5.41, 5.74) is 3.06. The van der Waals surface area contributed by atoms with Gasteiger partial charge < -0.3 is 10.2 Å². The molecule has 4 rings (SSSR count). The van der Waals surface area contributed by atoms with Crippen molar-refractivity contribution in [2.24, 2.45) is 0 Å².